The summed E-state index contributed by atoms with van der Waals surface area (Å²) in [5.41, 5.74) is 19.7. The van der Waals surface area contributed by atoms with Crippen LogP contribution >= 0.6 is 0 Å². The molecule has 63 heavy (non-hydrogen) atoms. The quantitative estimate of drug-likeness (QED) is 0.183. The molecule has 1 fully saturated rings. The van der Waals surface area contributed by atoms with Crippen molar-refractivity contribution in [3.63, 3.8) is 0 Å². The van der Waals surface area contributed by atoms with E-state index in [0.717, 1.165) is 59.7 Å². The van der Waals surface area contributed by atoms with Gasteiger partial charge in [0.05, 0.1) is 11.7 Å². The topological polar surface area (TPSA) is 41.6 Å². The van der Waals surface area contributed by atoms with Gasteiger partial charge in [-0.2, -0.15) is 0 Å². The second-order valence-corrected chi connectivity index (χ2v) is 23.4. The Morgan fingerprint density at radius 2 is 1.60 bits per heavy atom. The third-order valence-corrected chi connectivity index (χ3v) is 16.6. The van der Waals surface area contributed by atoms with E-state index in [1.54, 1.807) is 5.57 Å². The summed E-state index contributed by atoms with van der Waals surface area (Å²) >= 11 is 0. The number of rotatable bonds is 4. The SMILES string of the molecule is Cc1cc(NC2=CCCc3oc4ccccc4c32)c2c(c1)N(C1C=CC(C(C)(C)C)=CC1)C1=C(C=C3C(C1)C(C)CCC3(C)C)B2c1cc2cc3c(cc2o1)C(C)(C)CCC3(C)C. The van der Waals surface area contributed by atoms with Crippen LogP contribution in [0.25, 0.3) is 27.6 Å². The molecule has 6 aliphatic rings. The van der Waals surface area contributed by atoms with E-state index >= 15 is 0 Å². The van der Waals surface area contributed by atoms with Gasteiger partial charge in [-0.15, -0.1) is 0 Å². The zero-order valence-corrected chi connectivity index (χ0v) is 39.8. The molecular formula is C58H67BN2O2. The summed E-state index contributed by atoms with van der Waals surface area (Å²) in [6, 6.07) is 21.0. The van der Waals surface area contributed by atoms with Crippen molar-refractivity contribution in [2.45, 2.75) is 144 Å². The van der Waals surface area contributed by atoms with Gasteiger partial charge in [0.1, 0.15) is 16.9 Å². The fourth-order valence-corrected chi connectivity index (χ4v) is 12.7. The number of hydrogen-bond acceptors (Lipinski definition) is 4. The average molecular weight is 835 g/mol. The van der Waals surface area contributed by atoms with Crippen LogP contribution in [0.2, 0.25) is 0 Å². The standard InChI is InChI=1S/C58H67BN2O2/c1-34-27-46(60-45-16-14-18-50-53(45)39-15-12-13-17-49(39)62-50)54-48(28-34)61(38-21-19-37(20-22-38)55(3,4)5)47-31-40-35(2)23-24-56(6,7)41(40)32-44(47)59(54)52-30-36-29-42-43(33-51(36)63-52)58(10,11)26-25-57(42,8)9/h12-13,15-17,19-21,27-30,32-33,35,38,40,60H,14,18,22-26,31H2,1-11H3. The Balaban J connectivity index is 1.17. The Morgan fingerprint density at radius 3 is 2.35 bits per heavy atom. The first-order valence-electron chi connectivity index (χ1n) is 24.2. The smallest absolute Gasteiger partial charge is 0.294 e. The number of nitrogens with zero attached hydrogens (tertiary/aromatic N) is 1. The number of anilines is 2. The van der Waals surface area contributed by atoms with Crippen LogP contribution in [0.4, 0.5) is 11.4 Å². The van der Waals surface area contributed by atoms with Crippen LogP contribution in [-0.4, -0.2) is 12.8 Å². The highest BCUT2D eigenvalue weighted by Crippen LogP contribution is 2.54. The van der Waals surface area contributed by atoms with Crippen molar-refractivity contribution in [2.24, 2.45) is 22.7 Å². The van der Waals surface area contributed by atoms with Crippen LogP contribution in [0.15, 0.2) is 116 Å². The van der Waals surface area contributed by atoms with Gasteiger partial charge in [0, 0.05) is 45.5 Å². The molecule has 0 amide bonds. The normalized spacial score (nSPS) is 24.6. The number of aryl methyl sites for hydroxylation is 2. The summed E-state index contributed by atoms with van der Waals surface area (Å²) in [4.78, 5) is 2.79. The molecule has 3 heterocycles. The highest BCUT2D eigenvalue weighted by atomic mass is 16.3. The van der Waals surface area contributed by atoms with Gasteiger partial charge >= 0.3 is 0 Å². The summed E-state index contributed by atoms with van der Waals surface area (Å²) < 4.78 is 13.9. The van der Waals surface area contributed by atoms with E-state index in [-0.39, 0.29) is 34.4 Å². The van der Waals surface area contributed by atoms with E-state index < -0.39 is 0 Å². The second kappa shape index (κ2) is 14.1. The molecule has 0 spiro atoms. The summed E-state index contributed by atoms with van der Waals surface area (Å²) in [5, 5.41) is 6.56. The van der Waals surface area contributed by atoms with Crippen LogP contribution in [0.5, 0.6) is 0 Å². The second-order valence-electron chi connectivity index (χ2n) is 23.4. The largest absolute Gasteiger partial charge is 0.470 e. The van der Waals surface area contributed by atoms with Crippen molar-refractivity contribution >= 4 is 56.8 Å². The highest BCUT2D eigenvalue weighted by molar-refractivity contribution is 6.93. The Kier molecular flexibility index (Phi) is 9.11. The van der Waals surface area contributed by atoms with Gasteiger partial charge < -0.3 is 19.1 Å². The molecule has 324 valence electrons. The Morgan fingerprint density at radius 1 is 0.841 bits per heavy atom. The number of nitrogens with one attached hydrogen (secondary N) is 1. The van der Waals surface area contributed by atoms with Crippen LogP contribution in [0, 0.1) is 29.6 Å². The minimum Gasteiger partial charge on any atom is -0.470 e. The zero-order chi connectivity index (χ0) is 44.0. The maximum Gasteiger partial charge on any atom is 0.294 e. The number of allylic oxidation sites excluding steroid dienone is 7. The summed E-state index contributed by atoms with van der Waals surface area (Å²) in [6.07, 6.45) is 21.3. The average Bonchev–Trinajstić information content (AvgIpc) is 3.84. The number of hydrogen-bond donors (Lipinski definition) is 1. The lowest BCUT2D eigenvalue weighted by molar-refractivity contribution is 0.209. The molecule has 1 saturated carbocycles. The number of furan rings is 2. The van der Waals surface area contributed by atoms with E-state index in [2.05, 4.69) is 171 Å². The summed E-state index contributed by atoms with van der Waals surface area (Å²) in [6.45, 7) is 26.4. The van der Waals surface area contributed by atoms with E-state index in [1.807, 2.05) is 0 Å². The minimum absolute atomic E-state index is 0.0962. The maximum atomic E-state index is 7.40. The molecule has 1 aliphatic heterocycles. The molecule has 11 rings (SSSR count). The Bertz CT molecular complexity index is 2840. The molecular weight excluding hydrogens is 767 g/mol. The van der Waals surface area contributed by atoms with Crippen LogP contribution in [0.1, 0.15) is 142 Å². The fourth-order valence-electron chi connectivity index (χ4n) is 12.7. The first kappa shape index (κ1) is 40.9. The molecule has 0 bridgehead atoms. The van der Waals surface area contributed by atoms with Crippen molar-refractivity contribution in [2.75, 3.05) is 10.2 Å². The fraction of sp³-hybridized carbons (Fsp3) is 0.448. The van der Waals surface area contributed by atoms with Crippen molar-refractivity contribution in [3.8, 4) is 0 Å². The molecule has 5 aromatic rings. The number of fused-ring (bicyclic) bond motifs is 7. The highest BCUT2D eigenvalue weighted by Gasteiger charge is 2.48. The van der Waals surface area contributed by atoms with E-state index in [4.69, 9.17) is 8.83 Å². The first-order chi connectivity index (χ1) is 29.9. The van der Waals surface area contributed by atoms with Crippen molar-refractivity contribution in [1.29, 1.82) is 0 Å². The summed E-state index contributed by atoms with van der Waals surface area (Å²) in [7, 11) is 0. The van der Waals surface area contributed by atoms with E-state index in [1.165, 1.54) is 86.6 Å². The van der Waals surface area contributed by atoms with Gasteiger partial charge in [0.2, 0.25) is 0 Å². The lowest BCUT2D eigenvalue weighted by Gasteiger charge is -2.50. The maximum absolute atomic E-state index is 7.40. The molecule has 0 saturated heterocycles. The minimum atomic E-state index is -0.0979. The number of benzene rings is 3. The number of para-hydroxylation sites is 1. The van der Waals surface area contributed by atoms with Gasteiger partial charge in [0.15, 0.2) is 0 Å². The van der Waals surface area contributed by atoms with Crippen molar-refractivity contribution in [3.05, 3.63) is 135 Å². The monoisotopic (exact) mass is 835 g/mol. The van der Waals surface area contributed by atoms with E-state index in [9.17, 15) is 0 Å². The summed E-state index contributed by atoms with van der Waals surface area (Å²) in [5.74, 6) is 2.22. The van der Waals surface area contributed by atoms with Gasteiger partial charge in [-0.05, 0) is 155 Å². The third kappa shape index (κ3) is 6.52. The molecule has 5 heteroatoms. The Hall–Kier alpha value is -4.90. The van der Waals surface area contributed by atoms with Crippen molar-refractivity contribution in [1.82, 2.24) is 0 Å². The van der Waals surface area contributed by atoms with E-state index in [0.29, 0.717) is 11.8 Å². The van der Waals surface area contributed by atoms with Gasteiger partial charge in [-0.25, -0.2) is 0 Å². The predicted octanol–water partition coefficient (Wildman–Crippen LogP) is 14.2. The molecule has 1 N–H and O–H groups in total. The molecule has 3 unspecified atom stereocenters. The molecule has 4 nitrogen and oxygen atoms in total. The van der Waals surface area contributed by atoms with Crippen molar-refractivity contribution < 1.29 is 8.83 Å². The van der Waals surface area contributed by atoms with Gasteiger partial charge in [0.25, 0.3) is 6.71 Å². The molecule has 2 aromatic heterocycles. The molecule has 3 atom stereocenters. The molecule has 0 radical (unpaired) electrons. The predicted molar refractivity (Wildman–Crippen MR) is 267 cm³/mol. The third-order valence-electron chi connectivity index (χ3n) is 16.6. The first-order valence-corrected chi connectivity index (χ1v) is 24.2. The zero-order valence-electron chi connectivity index (χ0n) is 39.8. The van der Waals surface area contributed by atoms with Crippen LogP contribution in [0.3, 0.4) is 0 Å². The lowest BCUT2D eigenvalue weighted by Crippen LogP contribution is -2.55. The van der Waals surface area contributed by atoms with Crippen LogP contribution < -0.4 is 21.3 Å². The molecule has 5 aliphatic carbocycles. The Labute approximate surface area is 376 Å². The lowest BCUT2D eigenvalue weighted by atomic mass is 9.34. The van der Waals surface area contributed by atoms with Crippen LogP contribution in [-0.2, 0) is 17.3 Å². The van der Waals surface area contributed by atoms with Gasteiger partial charge in [-0.1, -0.05) is 123 Å². The molecule has 3 aromatic carbocycles. The van der Waals surface area contributed by atoms with Gasteiger partial charge in [-0.3, -0.25) is 0 Å².